The molecule has 4 rings (SSSR count). The lowest BCUT2D eigenvalue weighted by molar-refractivity contribution is -0.133. The number of para-hydroxylation sites is 2. The number of amides is 1. The van der Waals surface area contributed by atoms with E-state index in [0.29, 0.717) is 18.8 Å². The Kier molecular flexibility index (Phi) is 6.55. The zero-order valence-corrected chi connectivity index (χ0v) is 19.1. The van der Waals surface area contributed by atoms with Crippen molar-refractivity contribution in [2.24, 2.45) is 0 Å². The average molecular weight is 434 g/mol. The predicted octanol–water partition coefficient (Wildman–Crippen LogP) is 2.51. The first-order chi connectivity index (χ1) is 15.4. The fourth-order valence-electron chi connectivity index (χ4n) is 4.16. The molecule has 0 radical (unpaired) electrons. The minimum Gasteiger partial charge on any atom is -0.358 e. The van der Waals surface area contributed by atoms with Crippen LogP contribution in [0.3, 0.4) is 0 Å². The highest BCUT2D eigenvalue weighted by atomic mass is 16.2. The second kappa shape index (κ2) is 9.53. The van der Waals surface area contributed by atoms with Gasteiger partial charge in [0.25, 0.3) is 5.56 Å². The summed E-state index contributed by atoms with van der Waals surface area (Å²) in [5.41, 5.74) is 3.93. The van der Waals surface area contributed by atoms with Crippen molar-refractivity contribution in [3.63, 3.8) is 0 Å². The van der Waals surface area contributed by atoms with E-state index in [-0.39, 0.29) is 11.5 Å². The van der Waals surface area contributed by atoms with Crippen molar-refractivity contribution in [1.82, 2.24) is 19.4 Å². The standard InChI is InChI=1S/C25H31N5O2/c1-19-8-10-20(11-9-19)18-28-14-16-29(17-15-28)23(31)12-13-30-22-7-5-4-6-21(22)26-24(25(30)32)27(2)3/h4-11H,12-18H2,1-3H3. The predicted molar refractivity (Wildman–Crippen MR) is 128 cm³/mol. The van der Waals surface area contributed by atoms with Crippen LogP contribution in [-0.2, 0) is 17.9 Å². The smallest absolute Gasteiger partial charge is 0.293 e. The summed E-state index contributed by atoms with van der Waals surface area (Å²) in [5, 5.41) is 0. The largest absolute Gasteiger partial charge is 0.358 e. The summed E-state index contributed by atoms with van der Waals surface area (Å²) >= 11 is 0. The third-order valence-corrected chi connectivity index (χ3v) is 6.06. The van der Waals surface area contributed by atoms with Crippen LogP contribution < -0.4 is 10.5 Å². The van der Waals surface area contributed by atoms with Crippen LogP contribution in [0.5, 0.6) is 0 Å². The number of carbonyl (C=O) groups is 1. The maximum Gasteiger partial charge on any atom is 0.293 e. The van der Waals surface area contributed by atoms with Gasteiger partial charge in [0.15, 0.2) is 5.82 Å². The number of piperazine rings is 1. The Morgan fingerprint density at radius 1 is 1.00 bits per heavy atom. The zero-order chi connectivity index (χ0) is 22.7. The molecule has 1 aromatic heterocycles. The number of aryl methyl sites for hydroxylation is 2. The van der Waals surface area contributed by atoms with Crippen LogP contribution in [0.25, 0.3) is 11.0 Å². The highest BCUT2D eigenvalue weighted by molar-refractivity contribution is 5.78. The Hall–Kier alpha value is -3.19. The maximum absolute atomic E-state index is 13.0. The van der Waals surface area contributed by atoms with E-state index < -0.39 is 0 Å². The number of carbonyl (C=O) groups excluding carboxylic acids is 1. The molecule has 0 saturated carbocycles. The van der Waals surface area contributed by atoms with E-state index in [0.717, 1.165) is 43.8 Å². The van der Waals surface area contributed by atoms with E-state index >= 15 is 0 Å². The number of hydrogen-bond donors (Lipinski definition) is 0. The van der Waals surface area contributed by atoms with Gasteiger partial charge in [-0.25, -0.2) is 4.98 Å². The van der Waals surface area contributed by atoms with Gasteiger partial charge in [0.1, 0.15) is 0 Å². The highest BCUT2D eigenvalue weighted by Gasteiger charge is 2.22. The van der Waals surface area contributed by atoms with Gasteiger partial charge in [-0.3, -0.25) is 14.5 Å². The minimum absolute atomic E-state index is 0.0965. The van der Waals surface area contributed by atoms with Gasteiger partial charge in [-0.05, 0) is 24.6 Å². The maximum atomic E-state index is 13.0. The number of nitrogens with zero attached hydrogens (tertiary/aromatic N) is 5. The average Bonchev–Trinajstić information content (AvgIpc) is 2.80. The molecule has 0 spiro atoms. The van der Waals surface area contributed by atoms with E-state index in [1.165, 1.54) is 11.1 Å². The topological polar surface area (TPSA) is 61.7 Å². The molecular formula is C25H31N5O2. The normalized spacial score (nSPS) is 14.7. The Bertz CT molecular complexity index is 1150. The van der Waals surface area contributed by atoms with E-state index in [1.54, 1.807) is 9.47 Å². The molecule has 1 aliphatic rings. The molecule has 1 fully saturated rings. The third-order valence-electron chi connectivity index (χ3n) is 6.06. The van der Waals surface area contributed by atoms with Gasteiger partial charge in [0.05, 0.1) is 11.0 Å². The highest BCUT2D eigenvalue weighted by Crippen LogP contribution is 2.15. The van der Waals surface area contributed by atoms with Gasteiger partial charge in [-0.15, -0.1) is 0 Å². The molecule has 0 N–H and O–H groups in total. The number of aromatic nitrogens is 2. The fraction of sp³-hybridized carbons (Fsp3) is 0.400. The van der Waals surface area contributed by atoms with Crippen molar-refractivity contribution in [1.29, 1.82) is 0 Å². The molecule has 0 unspecified atom stereocenters. The van der Waals surface area contributed by atoms with Gasteiger partial charge in [0, 0.05) is 59.8 Å². The number of hydrogen-bond acceptors (Lipinski definition) is 5. The summed E-state index contributed by atoms with van der Waals surface area (Å²) in [7, 11) is 3.62. The molecule has 1 saturated heterocycles. The van der Waals surface area contributed by atoms with Crippen molar-refractivity contribution < 1.29 is 4.79 Å². The van der Waals surface area contributed by atoms with Gasteiger partial charge in [0.2, 0.25) is 5.91 Å². The number of fused-ring (bicyclic) bond motifs is 1. The molecule has 2 heterocycles. The molecule has 1 amide bonds. The molecule has 0 atom stereocenters. The van der Waals surface area contributed by atoms with Crippen LogP contribution in [0.1, 0.15) is 17.5 Å². The van der Waals surface area contributed by atoms with Crippen LogP contribution in [0.4, 0.5) is 5.82 Å². The van der Waals surface area contributed by atoms with Crippen molar-refractivity contribution in [2.75, 3.05) is 45.2 Å². The van der Waals surface area contributed by atoms with Crippen LogP contribution in [0.2, 0.25) is 0 Å². The molecule has 7 heteroatoms. The first-order valence-corrected chi connectivity index (χ1v) is 11.1. The van der Waals surface area contributed by atoms with Crippen LogP contribution >= 0.6 is 0 Å². The first kappa shape index (κ1) is 22.0. The third kappa shape index (κ3) is 4.83. The van der Waals surface area contributed by atoms with Gasteiger partial charge in [-0.1, -0.05) is 42.0 Å². The van der Waals surface area contributed by atoms with Crippen molar-refractivity contribution >= 4 is 22.8 Å². The van der Waals surface area contributed by atoms with Gasteiger partial charge >= 0.3 is 0 Å². The van der Waals surface area contributed by atoms with E-state index in [9.17, 15) is 9.59 Å². The van der Waals surface area contributed by atoms with Crippen molar-refractivity contribution in [3.8, 4) is 0 Å². The molecule has 0 aliphatic carbocycles. The Morgan fingerprint density at radius 2 is 1.69 bits per heavy atom. The van der Waals surface area contributed by atoms with E-state index in [4.69, 9.17) is 0 Å². The molecule has 32 heavy (non-hydrogen) atoms. The van der Waals surface area contributed by atoms with E-state index in [1.807, 2.05) is 43.3 Å². The molecule has 7 nitrogen and oxygen atoms in total. The Balaban J connectivity index is 1.38. The summed E-state index contributed by atoms with van der Waals surface area (Å²) in [4.78, 5) is 36.4. The molecule has 1 aliphatic heterocycles. The summed E-state index contributed by atoms with van der Waals surface area (Å²) in [6.45, 7) is 6.53. The monoisotopic (exact) mass is 433 g/mol. The van der Waals surface area contributed by atoms with Crippen molar-refractivity contribution in [2.45, 2.75) is 26.4 Å². The fourth-order valence-corrected chi connectivity index (χ4v) is 4.16. The van der Waals surface area contributed by atoms with E-state index in [2.05, 4.69) is 41.1 Å². The van der Waals surface area contributed by atoms with Gasteiger partial charge in [-0.2, -0.15) is 0 Å². The second-order valence-electron chi connectivity index (χ2n) is 8.67. The summed E-state index contributed by atoms with van der Waals surface area (Å²) in [6, 6.07) is 16.2. The summed E-state index contributed by atoms with van der Waals surface area (Å²) in [6.07, 6.45) is 0.304. The lowest BCUT2D eigenvalue weighted by atomic mass is 10.1. The van der Waals surface area contributed by atoms with Gasteiger partial charge < -0.3 is 14.4 Å². The zero-order valence-electron chi connectivity index (χ0n) is 19.1. The van der Waals surface area contributed by atoms with Crippen molar-refractivity contribution in [3.05, 3.63) is 70.0 Å². The Morgan fingerprint density at radius 3 is 2.38 bits per heavy atom. The molecule has 168 valence electrons. The Labute approximate surface area is 188 Å². The summed E-state index contributed by atoms with van der Waals surface area (Å²) in [5.74, 6) is 0.486. The molecule has 2 aromatic carbocycles. The minimum atomic E-state index is -0.163. The lowest BCUT2D eigenvalue weighted by Gasteiger charge is -2.35. The number of benzene rings is 2. The molecule has 0 bridgehead atoms. The van der Waals surface area contributed by atoms with Crippen LogP contribution in [0.15, 0.2) is 53.3 Å². The van der Waals surface area contributed by atoms with Crippen LogP contribution in [0, 0.1) is 6.92 Å². The molecular weight excluding hydrogens is 402 g/mol. The number of anilines is 1. The SMILES string of the molecule is Cc1ccc(CN2CCN(C(=O)CCn3c(=O)c(N(C)C)nc4ccccc43)CC2)cc1. The quantitative estimate of drug-likeness (QED) is 0.598. The summed E-state index contributed by atoms with van der Waals surface area (Å²) < 4.78 is 1.68. The lowest BCUT2D eigenvalue weighted by Crippen LogP contribution is -2.48. The van der Waals surface area contributed by atoms with Crippen LogP contribution in [-0.4, -0.2) is 65.5 Å². The number of rotatable bonds is 6. The molecule has 3 aromatic rings. The second-order valence-corrected chi connectivity index (χ2v) is 8.67. The first-order valence-electron chi connectivity index (χ1n) is 11.1.